The lowest BCUT2D eigenvalue weighted by atomic mass is 10.1. The van der Waals surface area contributed by atoms with E-state index in [9.17, 15) is 23.6 Å². The zero-order chi connectivity index (χ0) is 20.9. The summed E-state index contributed by atoms with van der Waals surface area (Å²) < 4.78 is 28.7. The van der Waals surface area contributed by atoms with E-state index in [0.717, 1.165) is 0 Å². The zero-order valence-electron chi connectivity index (χ0n) is 14.8. The first kappa shape index (κ1) is 20.2. The molecule has 0 bridgehead atoms. The molecule has 0 spiro atoms. The predicted octanol–water partition coefficient (Wildman–Crippen LogP) is 2.76. The lowest BCUT2D eigenvalue weighted by Gasteiger charge is -2.01. The Hall–Kier alpha value is -3.55. The number of nitrogens with one attached hydrogen (secondary N) is 1. The number of phenolic OH excluding ortho intramolecular Hbond substituents is 1. The first-order chi connectivity index (χ1) is 13.9. The van der Waals surface area contributed by atoms with Gasteiger partial charge in [-0.1, -0.05) is 42.5 Å². The molecule has 0 aliphatic carbocycles. The Balaban J connectivity index is 1.74. The van der Waals surface area contributed by atoms with Crippen molar-refractivity contribution in [1.82, 2.24) is 9.36 Å². The quantitative estimate of drug-likeness (QED) is 0.457. The molecule has 2 aromatic carbocycles. The minimum atomic E-state index is -3.77. The third-order valence-electron chi connectivity index (χ3n) is 3.67. The van der Waals surface area contributed by atoms with E-state index < -0.39 is 15.7 Å². The minimum absolute atomic E-state index is 0.0338. The van der Waals surface area contributed by atoms with Crippen LogP contribution in [0.2, 0.25) is 0 Å². The van der Waals surface area contributed by atoms with Gasteiger partial charge in [-0.15, -0.1) is 0 Å². The van der Waals surface area contributed by atoms with Gasteiger partial charge in [0.25, 0.3) is 11.1 Å². The van der Waals surface area contributed by atoms with Crippen molar-refractivity contribution in [3.63, 3.8) is 0 Å². The second-order valence-corrected chi connectivity index (χ2v) is 8.48. The highest BCUT2D eigenvalue weighted by Crippen LogP contribution is 2.20. The highest BCUT2D eigenvalue weighted by atomic mass is 32.2. The minimum Gasteiger partial charge on any atom is -0.508 e. The smallest absolute Gasteiger partial charge is 0.268 e. The summed E-state index contributed by atoms with van der Waals surface area (Å²) >= 11 is 0.710. The van der Waals surface area contributed by atoms with Crippen LogP contribution in [-0.4, -0.2) is 28.8 Å². The highest BCUT2D eigenvalue weighted by molar-refractivity contribution is 7.90. The number of sulfone groups is 1. The molecule has 3 aromatic rings. The standard InChI is InChI=1S/C19H14N4O4S2/c20-11-15(10-13-6-8-16(24)9-7-13)17(25)21-18-22-19(23-28-18)29(26,27)12-14-4-2-1-3-5-14/h1-10,24H,12H2,(H,21,22,23,25)/b15-10-. The SMILES string of the molecule is N#C/C(=C/c1ccc(O)cc1)C(=O)Nc1nc(S(=O)(=O)Cc2ccccc2)ns1. The van der Waals surface area contributed by atoms with E-state index in [4.69, 9.17) is 0 Å². The molecule has 0 fully saturated rings. The van der Waals surface area contributed by atoms with Crippen LogP contribution in [0.5, 0.6) is 5.75 Å². The van der Waals surface area contributed by atoms with Crippen molar-refractivity contribution in [2.75, 3.05) is 5.32 Å². The van der Waals surface area contributed by atoms with E-state index in [2.05, 4.69) is 14.7 Å². The molecule has 0 saturated heterocycles. The van der Waals surface area contributed by atoms with Crippen molar-refractivity contribution in [2.45, 2.75) is 10.9 Å². The van der Waals surface area contributed by atoms with Crippen molar-refractivity contribution in [1.29, 1.82) is 5.26 Å². The van der Waals surface area contributed by atoms with Gasteiger partial charge in [-0.05, 0) is 29.3 Å². The largest absolute Gasteiger partial charge is 0.508 e. The van der Waals surface area contributed by atoms with Crippen LogP contribution in [0.15, 0.2) is 65.3 Å². The second kappa shape index (κ2) is 8.64. The van der Waals surface area contributed by atoms with E-state index in [1.54, 1.807) is 48.5 Å². The molecular weight excluding hydrogens is 412 g/mol. The molecule has 1 heterocycles. The molecule has 0 unspecified atom stereocenters. The third-order valence-corrected chi connectivity index (χ3v) is 5.87. The van der Waals surface area contributed by atoms with Gasteiger partial charge in [0.05, 0.1) is 5.75 Å². The Morgan fingerprint density at radius 2 is 1.86 bits per heavy atom. The molecular formula is C19H14N4O4S2. The molecule has 0 saturated carbocycles. The molecule has 0 atom stereocenters. The summed E-state index contributed by atoms with van der Waals surface area (Å²) in [5.41, 5.74) is 0.925. The zero-order valence-corrected chi connectivity index (χ0v) is 16.4. The number of anilines is 1. The Bertz CT molecular complexity index is 1200. The maximum Gasteiger partial charge on any atom is 0.268 e. The summed E-state index contributed by atoms with van der Waals surface area (Å²) in [4.78, 5) is 16.2. The van der Waals surface area contributed by atoms with Crippen molar-refractivity contribution in [3.05, 3.63) is 71.3 Å². The first-order valence-electron chi connectivity index (χ1n) is 8.20. The lowest BCUT2D eigenvalue weighted by Crippen LogP contribution is -2.13. The van der Waals surface area contributed by atoms with Gasteiger partial charge in [-0.2, -0.15) is 14.6 Å². The number of amides is 1. The topological polar surface area (TPSA) is 133 Å². The Morgan fingerprint density at radius 3 is 2.52 bits per heavy atom. The number of aromatic nitrogens is 2. The maximum atomic E-state index is 12.4. The highest BCUT2D eigenvalue weighted by Gasteiger charge is 2.22. The summed E-state index contributed by atoms with van der Waals surface area (Å²) in [6.45, 7) is 0. The number of rotatable bonds is 6. The maximum absolute atomic E-state index is 12.4. The number of aromatic hydroxyl groups is 1. The van der Waals surface area contributed by atoms with Gasteiger partial charge in [0.2, 0.25) is 15.0 Å². The molecule has 1 aromatic heterocycles. The van der Waals surface area contributed by atoms with Crippen LogP contribution in [0.1, 0.15) is 11.1 Å². The van der Waals surface area contributed by atoms with Crippen molar-refractivity contribution < 1.29 is 18.3 Å². The van der Waals surface area contributed by atoms with Crippen molar-refractivity contribution in [3.8, 4) is 11.8 Å². The summed E-state index contributed by atoms with van der Waals surface area (Å²) in [5, 5.41) is 20.5. The van der Waals surface area contributed by atoms with Gasteiger partial charge in [0.1, 0.15) is 17.4 Å². The van der Waals surface area contributed by atoms with Crippen LogP contribution in [0, 0.1) is 11.3 Å². The lowest BCUT2D eigenvalue weighted by molar-refractivity contribution is -0.112. The van der Waals surface area contributed by atoms with Gasteiger partial charge < -0.3 is 5.11 Å². The molecule has 29 heavy (non-hydrogen) atoms. The van der Waals surface area contributed by atoms with Crippen LogP contribution in [-0.2, 0) is 20.4 Å². The van der Waals surface area contributed by atoms with Crippen LogP contribution < -0.4 is 5.32 Å². The summed E-state index contributed by atoms with van der Waals surface area (Å²) in [5.74, 6) is -0.950. The van der Waals surface area contributed by atoms with Crippen LogP contribution >= 0.6 is 11.5 Å². The number of phenols is 1. The number of carbonyl (C=O) groups is 1. The monoisotopic (exact) mass is 426 g/mol. The molecule has 0 aliphatic rings. The normalized spacial score (nSPS) is 11.6. The van der Waals surface area contributed by atoms with Gasteiger partial charge in [-0.3, -0.25) is 10.1 Å². The number of benzene rings is 2. The molecule has 0 radical (unpaired) electrons. The van der Waals surface area contributed by atoms with E-state index >= 15 is 0 Å². The summed E-state index contributed by atoms with van der Waals surface area (Å²) in [6.07, 6.45) is 1.34. The second-order valence-electron chi connectivity index (χ2n) is 5.84. The third kappa shape index (κ3) is 5.25. The average molecular weight is 426 g/mol. The molecule has 146 valence electrons. The molecule has 10 heteroatoms. The number of nitriles is 1. The first-order valence-corrected chi connectivity index (χ1v) is 10.6. The fraction of sp³-hybridized carbons (Fsp3) is 0.0526. The fourth-order valence-corrected chi connectivity index (χ4v) is 4.38. The fourth-order valence-electron chi connectivity index (χ4n) is 2.30. The summed E-state index contributed by atoms with van der Waals surface area (Å²) in [7, 11) is -3.77. The molecule has 0 aliphatic heterocycles. The van der Waals surface area contributed by atoms with Crippen molar-refractivity contribution in [2.24, 2.45) is 0 Å². The van der Waals surface area contributed by atoms with E-state index in [-0.39, 0.29) is 27.4 Å². The molecule has 3 rings (SSSR count). The number of carbonyl (C=O) groups excluding carboxylic acids is 1. The van der Waals surface area contributed by atoms with Crippen LogP contribution in [0.4, 0.5) is 5.13 Å². The Kier molecular flexibility index (Phi) is 6.01. The van der Waals surface area contributed by atoms with E-state index in [0.29, 0.717) is 22.7 Å². The number of nitrogens with zero attached hydrogens (tertiary/aromatic N) is 3. The van der Waals surface area contributed by atoms with E-state index in [1.807, 2.05) is 0 Å². The average Bonchev–Trinajstić information content (AvgIpc) is 3.17. The Labute approximate surface area is 170 Å². The van der Waals surface area contributed by atoms with Crippen molar-refractivity contribution >= 4 is 38.5 Å². The van der Waals surface area contributed by atoms with Crippen LogP contribution in [0.25, 0.3) is 6.08 Å². The van der Waals surface area contributed by atoms with Crippen LogP contribution in [0.3, 0.4) is 0 Å². The van der Waals surface area contributed by atoms with Gasteiger partial charge >= 0.3 is 0 Å². The summed E-state index contributed by atoms with van der Waals surface area (Å²) in [6, 6.07) is 16.3. The van der Waals surface area contributed by atoms with Gasteiger partial charge in [0.15, 0.2) is 0 Å². The van der Waals surface area contributed by atoms with Gasteiger partial charge in [0, 0.05) is 11.5 Å². The molecule has 1 amide bonds. The number of hydrogen-bond donors (Lipinski definition) is 2. The predicted molar refractivity (Wildman–Crippen MR) is 108 cm³/mol. The van der Waals surface area contributed by atoms with E-state index in [1.165, 1.54) is 18.2 Å². The number of hydrogen-bond acceptors (Lipinski definition) is 8. The Morgan fingerprint density at radius 1 is 1.17 bits per heavy atom. The molecule has 2 N–H and O–H groups in total. The molecule has 8 nitrogen and oxygen atoms in total. The van der Waals surface area contributed by atoms with Gasteiger partial charge in [-0.25, -0.2) is 8.42 Å².